The maximum absolute atomic E-state index is 12.6. The van der Waals surface area contributed by atoms with Crippen LogP contribution in [0.1, 0.15) is 0 Å². The normalized spacial score (nSPS) is 10.6. The minimum absolute atomic E-state index is 0.0941. The van der Waals surface area contributed by atoms with Crippen LogP contribution in [0.15, 0.2) is 57.9 Å². The second kappa shape index (κ2) is 5.32. The molecule has 3 rings (SSSR count). The predicted molar refractivity (Wildman–Crippen MR) is 81.0 cm³/mol. The molecule has 0 aliphatic rings. The summed E-state index contributed by atoms with van der Waals surface area (Å²) in [6, 6.07) is 12.5. The lowest BCUT2D eigenvalue weighted by Gasteiger charge is -2.08. The lowest BCUT2D eigenvalue weighted by Crippen LogP contribution is -2.05. The highest BCUT2D eigenvalue weighted by Gasteiger charge is 2.13. The molecule has 0 saturated heterocycles. The molecule has 4 nitrogen and oxygen atoms in total. The fourth-order valence-corrected chi connectivity index (χ4v) is 2.29. The van der Waals surface area contributed by atoms with Gasteiger partial charge in [0.1, 0.15) is 23.3 Å². The van der Waals surface area contributed by atoms with Crippen molar-refractivity contribution in [1.29, 1.82) is 0 Å². The number of methoxy groups -OCH3 is 2. The van der Waals surface area contributed by atoms with Crippen molar-refractivity contribution in [2.24, 2.45) is 0 Å². The van der Waals surface area contributed by atoms with Gasteiger partial charge in [-0.25, -0.2) is 0 Å². The van der Waals surface area contributed by atoms with E-state index in [0.29, 0.717) is 33.6 Å². The number of fused-ring (bicyclic) bond motifs is 1. The van der Waals surface area contributed by atoms with Crippen LogP contribution in [-0.2, 0) is 0 Å². The van der Waals surface area contributed by atoms with Crippen molar-refractivity contribution in [3.8, 4) is 22.6 Å². The molecule has 0 atom stereocenters. The van der Waals surface area contributed by atoms with Crippen LogP contribution < -0.4 is 14.9 Å². The first-order chi connectivity index (χ1) is 10.2. The van der Waals surface area contributed by atoms with Crippen molar-refractivity contribution in [3.63, 3.8) is 0 Å². The molecule has 4 heteroatoms. The van der Waals surface area contributed by atoms with E-state index in [9.17, 15) is 4.79 Å². The Morgan fingerprint density at radius 1 is 0.952 bits per heavy atom. The zero-order valence-electron chi connectivity index (χ0n) is 11.8. The van der Waals surface area contributed by atoms with E-state index in [0.717, 1.165) is 0 Å². The highest BCUT2D eigenvalue weighted by Crippen LogP contribution is 2.29. The maximum atomic E-state index is 12.6. The molecule has 21 heavy (non-hydrogen) atoms. The largest absolute Gasteiger partial charge is 0.497 e. The molecule has 0 saturated carbocycles. The van der Waals surface area contributed by atoms with Crippen molar-refractivity contribution in [2.75, 3.05) is 14.2 Å². The molecule has 0 aliphatic heterocycles. The van der Waals surface area contributed by atoms with Gasteiger partial charge in [0.15, 0.2) is 0 Å². The zero-order valence-corrected chi connectivity index (χ0v) is 11.8. The molecular weight excluding hydrogens is 268 g/mol. The van der Waals surface area contributed by atoms with Gasteiger partial charge in [-0.2, -0.15) is 0 Å². The highest BCUT2D eigenvalue weighted by atomic mass is 16.5. The summed E-state index contributed by atoms with van der Waals surface area (Å²) in [4.78, 5) is 12.6. The fraction of sp³-hybridized carbons (Fsp3) is 0.118. The van der Waals surface area contributed by atoms with E-state index in [1.165, 1.54) is 6.26 Å². The Balaban J connectivity index is 2.25. The summed E-state index contributed by atoms with van der Waals surface area (Å²) in [6.45, 7) is 0. The summed E-state index contributed by atoms with van der Waals surface area (Å²) in [5, 5.41) is 0.513. The van der Waals surface area contributed by atoms with Crippen molar-refractivity contribution in [2.45, 2.75) is 0 Å². The first-order valence-corrected chi connectivity index (χ1v) is 6.47. The second-order valence-electron chi connectivity index (χ2n) is 4.54. The molecule has 0 fully saturated rings. The molecule has 0 unspecified atom stereocenters. The van der Waals surface area contributed by atoms with E-state index < -0.39 is 0 Å². The molecular formula is C17H14O4. The molecule has 1 heterocycles. The van der Waals surface area contributed by atoms with Gasteiger partial charge in [0.25, 0.3) is 0 Å². The molecule has 3 aromatic rings. The van der Waals surface area contributed by atoms with Crippen molar-refractivity contribution < 1.29 is 13.9 Å². The minimum atomic E-state index is -0.0941. The number of para-hydroxylation sites is 1. The SMILES string of the molecule is COc1ccc2c(=O)c(-c3ccccc3OC)coc2c1. The quantitative estimate of drug-likeness (QED) is 0.738. The molecule has 0 bridgehead atoms. The highest BCUT2D eigenvalue weighted by molar-refractivity contribution is 5.83. The van der Waals surface area contributed by atoms with Crippen LogP contribution >= 0.6 is 0 Å². The van der Waals surface area contributed by atoms with E-state index in [1.54, 1.807) is 32.4 Å². The Morgan fingerprint density at radius 3 is 2.52 bits per heavy atom. The first-order valence-electron chi connectivity index (χ1n) is 6.47. The van der Waals surface area contributed by atoms with Crippen molar-refractivity contribution in [3.05, 3.63) is 59.0 Å². The van der Waals surface area contributed by atoms with E-state index in [1.807, 2.05) is 24.3 Å². The van der Waals surface area contributed by atoms with Crippen molar-refractivity contribution in [1.82, 2.24) is 0 Å². The van der Waals surface area contributed by atoms with Gasteiger partial charge in [0.05, 0.1) is 25.2 Å². The lowest BCUT2D eigenvalue weighted by atomic mass is 10.0. The molecule has 0 spiro atoms. The summed E-state index contributed by atoms with van der Waals surface area (Å²) in [7, 11) is 3.15. The molecule has 0 N–H and O–H groups in total. The molecule has 0 amide bonds. The molecule has 106 valence electrons. The Bertz CT molecular complexity index is 849. The molecule has 0 aliphatic carbocycles. The van der Waals surface area contributed by atoms with Crippen LogP contribution in [0.5, 0.6) is 11.5 Å². The number of ether oxygens (including phenoxy) is 2. The van der Waals surface area contributed by atoms with Gasteiger partial charge in [0, 0.05) is 11.6 Å². The van der Waals surface area contributed by atoms with Gasteiger partial charge < -0.3 is 13.9 Å². The zero-order chi connectivity index (χ0) is 14.8. The van der Waals surface area contributed by atoms with Gasteiger partial charge in [-0.3, -0.25) is 4.79 Å². The lowest BCUT2D eigenvalue weighted by molar-refractivity contribution is 0.414. The number of hydrogen-bond donors (Lipinski definition) is 0. The summed E-state index contributed by atoms with van der Waals surface area (Å²) in [5.74, 6) is 1.29. The van der Waals surface area contributed by atoms with Gasteiger partial charge in [-0.15, -0.1) is 0 Å². The Kier molecular flexibility index (Phi) is 3.36. The molecule has 0 radical (unpaired) electrons. The number of benzene rings is 2. The van der Waals surface area contributed by atoms with Crippen LogP contribution in [0.2, 0.25) is 0 Å². The third kappa shape index (κ3) is 2.25. The van der Waals surface area contributed by atoms with Crippen molar-refractivity contribution >= 4 is 11.0 Å². The number of rotatable bonds is 3. The summed E-state index contributed by atoms with van der Waals surface area (Å²) in [6.07, 6.45) is 1.46. The second-order valence-corrected chi connectivity index (χ2v) is 4.54. The van der Waals surface area contributed by atoms with Crippen LogP contribution in [0.25, 0.3) is 22.1 Å². The average Bonchev–Trinajstić information content (AvgIpc) is 2.55. The van der Waals surface area contributed by atoms with Gasteiger partial charge in [0.2, 0.25) is 5.43 Å². The van der Waals surface area contributed by atoms with E-state index >= 15 is 0 Å². The molecule has 2 aromatic carbocycles. The first kappa shape index (κ1) is 13.2. The molecule has 1 aromatic heterocycles. The maximum Gasteiger partial charge on any atom is 0.200 e. The topological polar surface area (TPSA) is 48.7 Å². The van der Waals surface area contributed by atoms with Crippen LogP contribution in [0.3, 0.4) is 0 Å². The Morgan fingerprint density at radius 2 is 1.76 bits per heavy atom. The summed E-state index contributed by atoms with van der Waals surface area (Å²) < 4.78 is 16.0. The summed E-state index contributed by atoms with van der Waals surface area (Å²) >= 11 is 0. The van der Waals surface area contributed by atoms with Crippen LogP contribution in [-0.4, -0.2) is 14.2 Å². The summed E-state index contributed by atoms with van der Waals surface area (Å²) in [5.41, 5.74) is 1.60. The Labute approximate surface area is 121 Å². The van der Waals surface area contributed by atoms with Gasteiger partial charge in [-0.05, 0) is 18.2 Å². The van der Waals surface area contributed by atoms with Gasteiger partial charge >= 0.3 is 0 Å². The van der Waals surface area contributed by atoms with Gasteiger partial charge in [-0.1, -0.05) is 18.2 Å². The predicted octanol–water partition coefficient (Wildman–Crippen LogP) is 3.48. The number of hydrogen-bond acceptors (Lipinski definition) is 4. The van der Waals surface area contributed by atoms with Crippen LogP contribution in [0.4, 0.5) is 0 Å². The van der Waals surface area contributed by atoms with Crippen LogP contribution in [0, 0.1) is 0 Å². The smallest absolute Gasteiger partial charge is 0.200 e. The van der Waals surface area contributed by atoms with E-state index in [-0.39, 0.29) is 5.43 Å². The Hall–Kier alpha value is -2.75. The fourth-order valence-electron chi connectivity index (χ4n) is 2.29. The van der Waals surface area contributed by atoms with E-state index in [4.69, 9.17) is 13.9 Å². The standard InChI is InChI=1S/C17H14O4/c1-19-11-7-8-13-16(9-11)21-10-14(17(13)18)12-5-3-4-6-15(12)20-2/h3-10H,1-2H3. The minimum Gasteiger partial charge on any atom is -0.497 e. The third-order valence-corrected chi connectivity index (χ3v) is 3.38. The average molecular weight is 282 g/mol. The third-order valence-electron chi connectivity index (χ3n) is 3.38. The monoisotopic (exact) mass is 282 g/mol. The van der Waals surface area contributed by atoms with E-state index in [2.05, 4.69) is 0 Å².